The van der Waals surface area contributed by atoms with Crippen LogP contribution in [-0.2, 0) is 6.54 Å². The zero-order valence-corrected chi connectivity index (χ0v) is 10.5. The minimum Gasteiger partial charge on any atom is -0.396 e. The maximum Gasteiger partial charge on any atom is 0.126 e. The highest BCUT2D eigenvalue weighted by Crippen LogP contribution is 2.24. The molecule has 0 saturated carbocycles. The molecule has 1 atom stereocenters. The predicted molar refractivity (Wildman–Crippen MR) is 69.0 cm³/mol. The van der Waals surface area contributed by atoms with Gasteiger partial charge in [-0.25, -0.2) is 4.98 Å². The quantitative estimate of drug-likeness (QED) is 0.877. The van der Waals surface area contributed by atoms with Crippen molar-refractivity contribution in [3.63, 3.8) is 0 Å². The molecule has 0 radical (unpaired) electrons. The maximum absolute atomic E-state index is 8.94. The third kappa shape index (κ3) is 2.29. The fourth-order valence-electron chi connectivity index (χ4n) is 2.00. The van der Waals surface area contributed by atoms with Gasteiger partial charge in [0.15, 0.2) is 0 Å². The Morgan fingerprint density at radius 3 is 2.94 bits per heavy atom. The molecule has 1 aromatic heterocycles. The Labute approximate surface area is 105 Å². The van der Waals surface area contributed by atoms with Crippen LogP contribution in [-0.4, -0.2) is 21.3 Å². The lowest BCUT2D eigenvalue weighted by atomic mass is 10.2. The van der Waals surface area contributed by atoms with Crippen molar-refractivity contribution >= 4 is 22.6 Å². The third-order valence-electron chi connectivity index (χ3n) is 2.83. The van der Waals surface area contributed by atoms with Gasteiger partial charge in [0.1, 0.15) is 5.82 Å². The van der Waals surface area contributed by atoms with E-state index in [1.165, 1.54) is 0 Å². The van der Waals surface area contributed by atoms with E-state index in [0.29, 0.717) is 11.4 Å². The summed E-state index contributed by atoms with van der Waals surface area (Å²) in [5.41, 5.74) is 7.89. The molecule has 0 bridgehead atoms. The number of aliphatic hydroxyl groups excluding tert-OH is 1. The molecule has 3 N–H and O–H groups in total. The smallest absolute Gasteiger partial charge is 0.126 e. The molecule has 1 aromatic carbocycles. The Hall–Kier alpha value is -1.10. The molecular formula is C12H16ClN3O. The highest BCUT2D eigenvalue weighted by Gasteiger charge is 2.15. The average Bonchev–Trinajstić information content (AvgIpc) is 2.67. The van der Waals surface area contributed by atoms with Crippen LogP contribution in [0.3, 0.4) is 0 Å². The van der Waals surface area contributed by atoms with Crippen LogP contribution in [0.4, 0.5) is 0 Å². The monoisotopic (exact) mass is 253 g/mol. The van der Waals surface area contributed by atoms with Crippen LogP contribution >= 0.6 is 11.6 Å². The lowest BCUT2D eigenvalue weighted by molar-refractivity contribution is 0.273. The van der Waals surface area contributed by atoms with Crippen LogP contribution < -0.4 is 5.73 Å². The number of hydrogen-bond donors (Lipinski definition) is 2. The second-order valence-electron chi connectivity index (χ2n) is 3.97. The van der Waals surface area contributed by atoms with Crippen molar-refractivity contribution in [3.8, 4) is 0 Å². The lowest BCUT2D eigenvalue weighted by Crippen LogP contribution is -2.17. The molecule has 0 aliphatic carbocycles. The summed E-state index contributed by atoms with van der Waals surface area (Å²) in [4.78, 5) is 4.51. The van der Waals surface area contributed by atoms with Gasteiger partial charge in [0.05, 0.1) is 17.1 Å². The van der Waals surface area contributed by atoms with Gasteiger partial charge < -0.3 is 15.4 Å². The molecule has 0 aliphatic heterocycles. The number of aliphatic hydroxyl groups is 1. The molecule has 0 saturated heterocycles. The van der Waals surface area contributed by atoms with Gasteiger partial charge in [-0.3, -0.25) is 0 Å². The second-order valence-corrected chi connectivity index (χ2v) is 4.40. The van der Waals surface area contributed by atoms with Crippen LogP contribution in [0, 0.1) is 0 Å². The first-order chi connectivity index (χ1) is 8.17. The van der Waals surface area contributed by atoms with Crippen LogP contribution in [0.1, 0.15) is 25.2 Å². The number of rotatable bonds is 4. The molecule has 1 unspecified atom stereocenters. The van der Waals surface area contributed by atoms with Crippen molar-refractivity contribution in [2.24, 2.45) is 5.73 Å². The molecule has 0 spiro atoms. The number of aromatic nitrogens is 2. The summed E-state index contributed by atoms with van der Waals surface area (Å²) in [6.45, 7) is 2.89. The molecule has 4 nitrogen and oxygen atoms in total. The van der Waals surface area contributed by atoms with Crippen molar-refractivity contribution in [1.29, 1.82) is 0 Å². The molecule has 17 heavy (non-hydrogen) atoms. The SMILES string of the molecule is CCn1c(C(N)CCO)nc2ccc(Cl)cc21. The van der Waals surface area contributed by atoms with Crippen LogP contribution in [0.15, 0.2) is 18.2 Å². The number of halogens is 1. The minimum atomic E-state index is -0.244. The van der Waals surface area contributed by atoms with E-state index in [9.17, 15) is 0 Å². The summed E-state index contributed by atoms with van der Waals surface area (Å²) < 4.78 is 2.04. The van der Waals surface area contributed by atoms with Gasteiger partial charge in [-0.05, 0) is 31.5 Å². The number of fused-ring (bicyclic) bond motifs is 1. The standard InChI is InChI=1S/C12H16ClN3O/c1-2-16-11-7-8(13)3-4-10(11)15-12(16)9(14)5-6-17/h3-4,7,9,17H,2,5-6,14H2,1H3. The Balaban J connectivity index is 2.55. The second kappa shape index (κ2) is 5.04. The number of benzene rings is 1. The number of nitrogens with two attached hydrogens (primary N) is 1. The van der Waals surface area contributed by atoms with Crippen LogP contribution in [0.2, 0.25) is 5.02 Å². The molecule has 0 amide bonds. The number of hydrogen-bond acceptors (Lipinski definition) is 3. The van der Waals surface area contributed by atoms with Crippen molar-refractivity contribution < 1.29 is 5.11 Å². The number of imidazole rings is 1. The van der Waals surface area contributed by atoms with Gasteiger partial charge in [-0.1, -0.05) is 11.6 Å². The highest BCUT2D eigenvalue weighted by molar-refractivity contribution is 6.31. The fourth-order valence-corrected chi connectivity index (χ4v) is 2.16. The molecule has 2 rings (SSSR count). The minimum absolute atomic E-state index is 0.0643. The van der Waals surface area contributed by atoms with E-state index >= 15 is 0 Å². The van der Waals surface area contributed by atoms with E-state index in [-0.39, 0.29) is 12.6 Å². The van der Waals surface area contributed by atoms with E-state index in [1.54, 1.807) is 0 Å². The molecule has 2 aromatic rings. The van der Waals surface area contributed by atoms with E-state index in [2.05, 4.69) is 4.98 Å². The Kier molecular flexibility index (Phi) is 3.66. The molecular weight excluding hydrogens is 238 g/mol. The molecule has 0 fully saturated rings. The summed E-state index contributed by atoms with van der Waals surface area (Å²) in [5.74, 6) is 0.804. The number of nitrogens with zero attached hydrogens (tertiary/aromatic N) is 2. The first kappa shape index (κ1) is 12.4. The Morgan fingerprint density at radius 2 is 2.29 bits per heavy atom. The third-order valence-corrected chi connectivity index (χ3v) is 3.06. The van der Waals surface area contributed by atoms with E-state index < -0.39 is 0 Å². The Bertz CT molecular complexity index is 524. The largest absolute Gasteiger partial charge is 0.396 e. The van der Waals surface area contributed by atoms with Gasteiger partial charge in [-0.2, -0.15) is 0 Å². The molecule has 0 aliphatic rings. The molecule has 1 heterocycles. The maximum atomic E-state index is 8.94. The van der Waals surface area contributed by atoms with Gasteiger partial charge >= 0.3 is 0 Å². The summed E-state index contributed by atoms with van der Waals surface area (Å²) >= 11 is 5.99. The zero-order valence-electron chi connectivity index (χ0n) is 9.73. The van der Waals surface area contributed by atoms with Crippen LogP contribution in [0.25, 0.3) is 11.0 Å². The highest BCUT2D eigenvalue weighted by atomic mass is 35.5. The topological polar surface area (TPSA) is 64.1 Å². The van der Waals surface area contributed by atoms with E-state index in [1.807, 2.05) is 29.7 Å². The average molecular weight is 254 g/mol. The van der Waals surface area contributed by atoms with E-state index in [4.69, 9.17) is 22.4 Å². The fraction of sp³-hybridized carbons (Fsp3) is 0.417. The zero-order chi connectivity index (χ0) is 12.4. The summed E-state index contributed by atoms with van der Waals surface area (Å²) in [5, 5.41) is 9.63. The van der Waals surface area contributed by atoms with E-state index in [0.717, 1.165) is 23.4 Å². The molecule has 92 valence electrons. The summed E-state index contributed by atoms with van der Waals surface area (Å²) in [7, 11) is 0. The predicted octanol–water partition coefficient (Wildman–Crippen LogP) is 2.09. The van der Waals surface area contributed by atoms with Gasteiger partial charge in [-0.15, -0.1) is 0 Å². The lowest BCUT2D eigenvalue weighted by Gasteiger charge is -2.11. The summed E-state index contributed by atoms with van der Waals surface area (Å²) in [6, 6.07) is 5.35. The van der Waals surface area contributed by atoms with Crippen molar-refractivity contribution in [2.75, 3.05) is 6.61 Å². The van der Waals surface area contributed by atoms with Crippen molar-refractivity contribution in [2.45, 2.75) is 25.9 Å². The Morgan fingerprint density at radius 1 is 1.53 bits per heavy atom. The van der Waals surface area contributed by atoms with Gasteiger partial charge in [0.2, 0.25) is 0 Å². The van der Waals surface area contributed by atoms with Gasteiger partial charge in [0, 0.05) is 18.2 Å². The first-order valence-corrected chi connectivity index (χ1v) is 6.07. The van der Waals surface area contributed by atoms with Crippen molar-refractivity contribution in [1.82, 2.24) is 9.55 Å². The van der Waals surface area contributed by atoms with Crippen LogP contribution in [0.5, 0.6) is 0 Å². The first-order valence-electron chi connectivity index (χ1n) is 5.69. The molecule has 5 heteroatoms. The summed E-state index contributed by atoms with van der Waals surface area (Å²) in [6.07, 6.45) is 0.511. The number of aryl methyl sites for hydroxylation is 1. The normalized spacial score (nSPS) is 13.2. The van der Waals surface area contributed by atoms with Crippen molar-refractivity contribution in [3.05, 3.63) is 29.0 Å². The van der Waals surface area contributed by atoms with Gasteiger partial charge in [0.25, 0.3) is 0 Å².